The minimum atomic E-state index is -0.768. The zero-order chi connectivity index (χ0) is 31.1. The highest BCUT2D eigenvalue weighted by Crippen LogP contribution is 2.30. The second kappa shape index (κ2) is 21.4. The molecule has 0 saturated heterocycles. The number of hydrogen-bond acceptors (Lipinski definition) is 4. The third-order valence-electron chi connectivity index (χ3n) is 6.05. The monoisotopic (exact) mass is 588 g/mol. The van der Waals surface area contributed by atoms with Crippen molar-refractivity contribution in [3.63, 3.8) is 0 Å². The molecule has 0 heterocycles. The fraction of sp³-hybridized carbons (Fsp3) is 0.297. The van der Waals surface area contributed by atoms with E-state index < -0.39 is 23.6 Å². The van der Waals surface area contributed by atoms with Crippen LogP contribution in [0.4, 0.5) is 8.78 Å². The van der Waals surface area contributed by atoms with Gasteiger partial charge in [-0.1, -0.05) is 85.9 Å². The van der Waals surface area contributed by atoms with E-state index in [4.69, 9.17) is 9.47 Å². The lowest BCUT2D eigenvalue weighted by Crippen LogP contribution is -2.12. The Bertz CT molecular complexity index is 1330. The molecule has 0 atom stereocenters. The van der Waals surface area contributed by atoms with E-state index in [1.165, 1.54) is 24.3 Å². The van der Waals surface area contributed by atoms with Gasteiger partial charge in [0.05, 0.1) is 6.61 Å². The summed E-state index contributed by atoms with van der Waals surface area (Å²) in [6, 6.07) is 7.48. The molecule has 228 valence electrons. The molecular formula is C37H42F2O4. The Balaban J connectivity index is 1.74. The molecule has 4 nitrogen and oxygen atoms in total. The number of allylic oxidation sites excluding steroid dienone is 12. The Morgan fingerprint density at radius 2 is 1.26 bits per heavy atom. The third-order valence-corrected chi connectivity index (χ3v) is 6.05. The van der Waals surface area contributed by atoms with E-state index in [9.17, 15) is 18.4 Å². The third kappa shape index (κ3) is 14.4. The van der Waals surface area contributed by atoms with Gasteiger partial charge >= 0.3 is 11.9 Å². The Labute approximate surface area is 254 Å². The van der Waals surface area contributed by atoms with Crippen molar-refractivity contribution in [3.05, 3.63) is 127 Å². The van der Waals surface area contributed by atoms with Gasteiger partial charge in [0.25, 0.3) is 0 Å². The van der Waals surface area contributed by atoms with Crippen LogP contribution in [-0.2, 0) is 9.53 Å². The lowest BCUT2D eigenvalue weighted by molar-refractivity contribution is -0.134. The fourth-order valence-corrected chi connectivity index (χ4v) is 3.89. The smallest absolute Gasteiger partial charge is 0.341 e. The predicted octanol–water partition coefficient (Wildman–Crippen LogP) is 10.2. The predicted molar refractivity (Wildman–Crippen MR) is 171 cm³/mol. The molecule has 0 saturated carbocycles. The SMILES string of the molecule is CCC=CCC=CCC=CCC=CCC=CCC=CCCC(=O)Oc1ccc(-c2ccc(F)cc2F)cc1C(=O)OCC. The summed E-state index contributed by atoms with van der Waals surface area (Å²) in [6.45, 7) is 3.90. The van der Waals surface area contributed by atoms with Gasteiger partial charge in [0.15, 0.2) is 0 Å². The van der Waals surface area contributed by atoms with Crippen LogP contribution >= 0.6 is 0 Å². The zero-order valence-corrected chi connectivity index (χ0v) is 25.1. The molecule has 0 aliphatic carbocycles. The van der Waals surface area contributed by atoms with E-state index in [0.717, 1.165) is 50.7 Å². The second-order valence-electron chi connectivity index (χ2n) is 9.48. The average molecular weight is 589 g/mol. The summed E-state index contributed by atoms with van der Waals surface area (Å²) in [7, 11) is 0. The number of ether oxygens (including phenoxy) is 2. The van der Waals surface area contributed by atoms with Crippen molar-refractivity contribution in [2.45, 2.75) is 65.2 Å². The summed E-state index contributed by atoms with van der Waals surface area (Å²) in [5.74, 6) is -2.66. The minimum absolute atomic E-state index is 0.00893. The largest absolute Gasteiger partial charge is 0.462 e. The number of esters is 2. The molecular weight excluding hydrogens is 546 g/mol. The summed E-state index contributed by atoms with van der Waals surface area (Å²) in [5, 5.41) is 0. The molecule has 0 bridgehead atoms. The van der Waals surface area contributed by atoms with E-state index in [0.29, 0.717) is 12.0 Å². The van der Waals surface area contributed by atoms with Crippen LogP contribution in [0.3, 0.4) is 0 Å². The maximum absolute atomic E-state index is 14.3. The molecule has 0 amide bonds. The molecule has 2 rings (SSSR count). The quantitative estimate of drug-likeness (QED) is 0.0988. The first-order valence-electron chi connectivity index (χ1n) is 14.8. The first-order chi connectivity index (χ1) is 21.0. The minimum Gasteiger partial charge on any atom is -0.462 e. The second-order valence-corrected chi connectivity index (χ2v) is 9.48. The normalized spacial score (nSPS) is 12.2. The maximum Gasteiger partial charge on any atom is 0.341 e. The van der Waals surface area contributed by atoms with Crippen LogP contribution in [0.15, 0.2) is 109 Å². The fourth-order valence-electron chi connectivity index (χ4n) is 3.89. The van der Waals surface area contributed by atoms with E-state index in [2.05, 4.69) is 67.7 Å². The molecule has 0 unspecified atom stereocenters. The molecule has 43 heavy (non-hydrogen) atoms. The molecule has 0 N–H and O–H groups in total. The molecule has 0 spiro atoms. The molecule has 6 heteroatoms. The Morgan fingerprint density at radius 1 is 0.698 bits per heavy atom. The Morgan fingerprint density at radius 3 is 1.79 bits per heavy atom. The van der Waals surface area contributed by atoms with E-state index in [1.807, 2.05) is 12.2 Å². The van der Waals surface area contributed by atoms with Gasteiger partial charge in [-0.15, -0.1) is 0 Å². The van der Waals surface area contributed by atoms with Crippen molar-refractivity contribution in [2.24, 2.45) is 0 Å². The Kier molecular flexibility index (Phi) is 17.4. The van der Waals surface area contributed by atoms with Crippen LogP contribution < -0.4 is 4.74 Å². The summed E-state index contributed by atoms with van der Waals surface area (Å²) in [6.07, 6.45) is 31.6. The van der Waals surface area contributed by atoms with Crippen LogP contribution in [0, 0.1) is 11.6 Å². The summed E-state index contributed by atoms with van der Waals surface area (Å²) < 4.78 is 38.1. The van der Waals surface area contributed by atoms with Crippen molar-refractivity contribution < 1.29 is 27.8 Å². The molecule has 0 aromatic heterocycles. The van der Waals surface area contributed by atoms with Gasteiger partial charge in [-0.3, -0.25) is 4.79 Å². The molecule has 0 aliphatic heterocycles. The molecule has 0 fully saturated rings. The van der Waals surface area contributed by atoms with Crippen LogP contribution in [0.25, 0.3) is 11.1 Å². The number of rotatable bonds is 18. The number of hydrogen-bond donors (Lipinski definition) is 0. The number of benzene rings is 2. The Hall–Kier alpha value is -4.32. The highest BCUT2D eigenvalue weighted by molar-refractivity contribution is 5.95. The van der Waals surface area contributed by atoms with Gasteiger partial charge in [0, 0.05) is 18.1 Å². The van der Waals surface area contributed by atoms with E-state index in [-0.39, 0.29) is 29.9 Å². The van der Waals surface area contributed by atoms with Gasteiger partial charge in [0.2, 0.25) is 0 Å². The standard InChI is InChI=1S/C37H42F2O4/c1-3-5-6-7-8-9-10-11-12-13-14-15-16-17-18-19-20-21-22-23-36(40)43-35-27-24-30(28-33(35)37(41)42-4-2)32-26-25-31(38)29-34(32)39/h5-6,8-9,11-12,14-15,17-18,20-21,24-29H,3-4,7,10,13,16,19,22-23H2,1-2H3. The van der Waals surface area contributed by atoms with Crippen LogP contribution in [0.1, 0.15) is 75.6 Å². The average Bonchev–Trinajstić information content (AvgIpc) is 2.99. The first-order valence-corrected chi connectivity index (χ1v) is 14.8. The summed E-state index contributed by atoms with van der Waals surface area (Å²) >= 11 is 0. The summed E-state index contributed by atoms with van der Waals surface area (Å²) in [5.41, 5.74) is 0.436. The highest BCUT2D eigenvalue weighted by atomic mass is 19.1. The number of halogens is 2. The topological polar surface area (TPSA) is 52.6 Å². The van der Waals surface area contributed by atoms with Gasteiger partial charge < -0.3 is 9.47 Å². The molecule has 2 aromatic rings. The lowest BCUT2D eigenvalue weighted by Gasteiger charge is -2.12. The van der Waals surface area contributed by atoms with Crippen molar-refractivity contribution in [2.75, 3.05) is 6.61 Å². The first kappa shape index (κ1) is 34.9. The van der Waals surface area contributed by atoms with E-state index in [1.54, 1.807) is 6.92 Å². The lowest BCUT2D eigenvalue weighted by atomic mass is 10.0. The van der Waals surface area contributed by atoms with Crippen molar-refractivity contribution in [1.29, 1.82) is 0 Å². The zero-order valence-electron chi connectivity index (χ0n) is 25.1. The van der Waals surface area contributed by atoms with Crippen molar-refractivity contribution in [1.82, 2.24) is 0 Å². The molecule has 0 aliphatic rings. The molecule has 0 radical (unpaired) electrons. The number of carbonyl (C=O) groups is 2. The summed E-state index contributed by atoms with van der Waals surface area (Å²) in [4.78, 5) is 24.9. The van der Waals surface area contributed by atoms with Crippen molar-refractivity contribution >= 4 is 11.9 Å². The van der Waals surface area contributed by atoms with Gasteiger partial charge in [-0.2, -0.15) is 0 Å². The van der Waals surface area contributed by atoms with Crippen LogP contribution in [0.2, 0.25) is 0 Å². The van der Waals surface area contributed by atoms with Gasteiger partial charge in [-0.05, 0) is 81.7 Å². The maximum atomic E-state index is 14.3. The highest BCUT2D eigenvalue weighted by Gasteiger charge is 2.19. The van der Waals surface area contributed by atoms with Crippen LogP contribution in [-0.4, -0.2) is 18.5 Å². The number of carbonyl (C=O) groups excluding carboxylic acids is 2. The van der Waals surface area contributed by atoms with Gasteiger partial charge in [0.1, 0.15) is 22.9 Å². The van der Waals surface area contributed by atoms with Crippen LogP contribution in [0.5, 0.6) is 5.75 Å². The molecule has 2 aromatic carbocycles. The van der Waals surface area contributed by atoms with Crippen molar-refractivity contribution in [3.8, 4) is 16.9 Å². The van der Waals surface area contributed by atoms with E-state index >= 15 is 0 Å². The van der Waals surface area contributed by atoms with Gasteiger partial charge in [-0.25, -0.2) is 13.6 Å².